The van der Waals surface area contributed by atoms with E-state index in [1.807, 2.05) is 54.6 Å². The monoisotopic (exact) mass is 400 g/mol. The van der Waals surface area contributed by atoms with E-state index >= 15 is 0 Å². The van der Waals surface area contributed by atoms with Crippen molar-refractivity contribution in [1.82, 2.24) is 15.0 Å². The lowest BCUT2D eigenvalue weighted by atomic mass is 10.1. The molecule has 0 unspecified atom stereocenters. The van der Waals surface area contributed by atoms with Crippen molar-refractivity contribution < 1.29 is 0 Å². The second kappa shape index (κ2) is 8.22. The smallest absolute Gasteiger partial charge is 0.161 e. The Morgan fingerprint density at radius 1 is 0.821 bits per heavy atom. The Morgan fingerprint density at radius 2 is 1.54 bits per heavy atom. The van der Waals surface area contributed by atoms with E-state index in [0.717, 1.165) is 16.0 Å². The van der Waals surface area contributed by atoms with Crippen LogP contribution in [0.5, 0.6) is 0 Å². The second-order valence-corrected chi connectivity index (χ2v) is 7.34. The summed E-state index contributed by atoms with van der Waals surface area (Å²) in [5, 5.41) is 11.1. The highest BCUT2D eigenvalue weighted by atomic mass is 35.5. The number of nitrogens with zero attached hydrogens (tertiary/aromatic N) is 4. The van der Waals surface area contributed by atoms with Crippen LogP contribution in [-0.2, 0) is 0 Å². The van der Waals surface area contributed by atoms with Crippen molar-refractivity contribution in [3.8, 4) is 28.7 Å². The van der Waals surface area contributed by atoms with Crippen LogP contribution in [0.15, 0.2) is 89.0 Å². The van der Waals surface area contributed by atoms with E-state index < -0.39 is 0 Å². The fourth-order valence-electron chi connectivity index (χ4n) is 2.66. The summed E-state index contributed by atoms with van der Waals surface area (Å²) in [7, 11) is 0. The van der Waals surface area contributed by atoms with Crippen LogP contribution in [0.2, 0.25) is 5.02 Å². The molecule has 2 aromatic carbocycles. The summed E-state index contributed by atoms with van der Waals surface area (Å²) in [6.45, 7) is 0. The molecular formula is C22H13ClN4S. The average molecular weight is 401 g/mol. The first-order chi connectivity index (χ1) is 13.7. The molecule has 0 fully saturated rings. The normalized spacial score (nSPS) is 10.4. The highest BCUT2D eigenvalue weighted by molar-refractivity contribution is 7.99. The first kappa shape index (κ1) is 18.2. The maximum atomic E-state index is 9.88. The lowest BCUT2D eigenvalue weighted by Crippen LogP contribution is -2.00. The molecule has 2 heterocycles. The van der Waals surface area contributed by atoms with Gasteiger partial charge in [-0.05, 0) is 36.4 Å². The van der Waals surface area contributed by atoms with Gasteiger partial charge in [0.25, 0.3) is 0 Å². The van der Waals surface area contributed by atoms with Crippen molar-refractivity contribution >= 4 is 23.4 Å². The Bertz CT molecular complexity index is 1140. The molecule has 0 atom stereocenters. The van der Waals surface area contributed by atoms with Gasteiger partial charge in [-0.1, -0.05) is 53.7 Å². The van der Waals surface area contributed by atoms with Gasteiger partial charge in [0.2, 0.25) is 0 Å². The van der Waals surface area contributed by atoms with Crippen molar-refractivity contribution in [3.05, 3.63) is 89.7 Å². The summed E-state index contributed by atoms with van der Waals surface area (Å²) in [6.07, 6.45) is 3.39. The standard InChI is InChI=1S/C22H13ClN4S/c23-17-8-6-15(7-9-17)20-19(14-24)22(28-18-4-2-1-3-5-18)27-21(26-20)16-10-12-25-13-11-16/h1-13H. The number of rotatable bonds is 4. The molecule has 134 valence electrons. The van der Waals surface area contributed by atoms with Crippen molar-refractivity contribution in [1.29, 1.82) is 5.26 Å². The van der Waals surface area contributed by atoms with Gasteiger partial charge in [0, 0.05) is 33.4 Å². The van der Waals surface area contributed by atoms with Crippen molar-refractivity contribution in [3.63, 3.8) is 0 Å². The second-order valence-electron chi connectivity index (χ2n) is 5.85. The van der Waals surface area contributed by atoms with E-state index in [4.69, 9.17) is 16.6 Å². The third-order valence-corrected chi connectivity index (χ3v) is 5.25. The van der Waals surface area contributed by atoms with Crippen molar-refractivity contribution in [2.45, 2.75) is 9.92 Å². The fraction of sp³-hybridized carbons (Fsp3) is 0. The molecular weight excluding hydrogens is 388 g/mol. The highest BCUT2D eigenvalue weighted by Crippen LogP contribution is 2.35. The molecule has 4 rings (SSSR count). The number of benzene rings is 2. The molecule has 0 bridgehead atoms. The number of hydrogen-bond donors (Lipinski definition) is 0. The molecule has 0 spiro atoms. The van der Waals surface area contributed by atoms with Crippen LogP contribution in [0.3, 0.4) is 0 Å². The summed E-state index contributed by atoms with van der Waals surface area (Å²) in [6, 6.07) is 23.1. The minimum atomic E-state index is 0.439. The zero-order valence-electron chi connectivity index (χ0n) is 14.6. The summed E-state index contributed by atoms with van der Waals surface area (Å²) in [5.74, 6) is 0.546. The third kappa shape index (κ3) is 3.89. The van der Waals surface area contributed by atoms with Crippen LogP contribution in [0.4, 0.5) is 0 Å². The zero-order valence-corrected chi connectivity index (χ0v) is 16.2. The molecule has 0 aliphatic carbocycles. The molecule has 2 aromatic heterocycles. The molecule has 0 amide bonds. The molecule has 4 nitrogen and oxygen atoms in total. The van der Waals surface area contributed by atoms with Gasteiger partial charge >= 0.3 is 0 Å². The topological polar surface area (TPSA) is 62.5 Å². The molecule has 0 saturated carbocycles. The van der Waals surface area contributed by atoms with Gasteiger partial charge in [0.05, 0.1) is 5.69 Å². The first-order valence-corrected chi connectivity index (χ1v) is 9.65. The molecule has 28 heavy (non-hydrogen) atoms. The number of pyridine rings is 1. The average Bonchev–Trinajstić information content (AvgIpc) is 2.75. The van der Waals surface area contributed by atoms with E-state index in [0.29, 0.717) is 27.1 Å². The minimum absolute atomic E-state index is 0.439. The van der Waals surface area contributed by atoms with Crippen LogP contribution in [0.1, 0.15) is 5.56 Å². The number of nitriles is 1. The molecule has 0 aliphatic heterocycles. The van der Waals surface area contributed by atoms with Crippen LogP contribution in [-0.4, -0.2) is 15.0 Å². The summed E-state index contributed by atoms with van der Waals surface area (Å²) in [4.78, 5) is 14.4. The van der Waals surface area contributed by atoms with Gasteiger partial charge in [-0.2, -0.15) is 5.26 Å². The SMILES string of the molecule is N#Cc1c(Sc2ccccc2)nc(-c2ccncc2)nc1-c1ccc(Cl)cc1. The van der Waals surface area contributed by atoms with E-state index in [2.05, 4.69) is 16.0 Å². The summed E-state index contributed by atoms with van der Waals surface area (Å²) >= 11 is 7.47. The summed E-state index contributed by atoms with van der Waals surface area (Å²) in [5.41, 5.74) is 2.67. The van der Waals surface area contributed by atoms with E-state index in [-0.39, 0.29) is 0 Å². The maximum absolute atomic E-state index is 9.88. The molecule has 6 heteroatoms. The number of aromatic nitrogens is 3. The van der Waals surface area contributed by atoms with Crippen LogP contribution in [0.25, 0.3) is 22.6 Å². The van der Waals surface area contributed by atoms with Crippen LogP contribution in [0, 0.1) is 11.3 Å². The van der Waals surface area contributed by atoms with Crippen LogP contribution >= 0.6 is 23.4 Å². The fourth-order valence-corrected chi connectivity index (χ4v) is 3.68. The maximum Gasteiger partial charge on any atom is 0.161 e. The van der Waals surface area contributed by atoms with E-state index in [1.54, 1.807) is 24.5 Å². The van der Waals surface area contributed by atoms with Gasteiger partial charge in [0.15, 0.2) is 5.82 Å². The lowest BCUT2D eigenvalue weighted by Gasteiger charge is -2.11. The molecule has 4 aromatic rings. The minimum Gasteiger partial charge on any atom is -0.265 e. The summed E-state index contributed by atoms with van der Waals surface area (Å²) < 4.78 is 0. The number of halogens is 1. The van der Waals surface area contributed by atoms with Gasteiger partial charge in [0.1, 0.15) is 16.7 Å². The van der Waals surface area contributed by atoms with E-state index in [9.17, 15) is 5.26 Å². The highest BCUT2D eigenvalue weighted by Gasteiger charge is 2.18. The van der Waals surface area contributed by atoms with Crippen molar-refractivity contribution in [2.75, 3.05) is 0 Å². The van der Waals surface area contributed by atoms with Crippen LogP contribution < -0.4 is 0 Å². The predicted molar refractivity (Wildman–Crippen MR) is 111 cm³/mol. The Balaban J connectivity index is 1.92. The largest absolute Gasteiger partial charge is 0.265 e. The number of hydrogen-bond acceptors (Lipinski definition) is 5. The molecule has 0 aliphatic rings. The Kier molecular flexibility index (Phi) is 5.34. The quantitative estimate of drug-likeness (QED) is 0.400. The van der Waals surface area contributed by atoms with Gasteiger partial charge in [-0.25, -0.2) is 9.97 Å². The van der Waals surface area contributed by atoms with E-state index in [1.165, 1.54) is 11.8 Å². The predicted octanol–water partition coefficient (Wildman–Crippen LogP) is 5.88. The van der Waals surface area contributed by atoms with Gasteiger partial charge < -0.3 is 0 Å². The first-order valence-electron chi connectivity index (χ1n) is 8.46. The Morgan fingerprint density at radius 3 is 2.21 bits per heavy atom. The molecule has 0 radical (unpaired) electrons. The Labute approximate surface area is 171 Å². The molecule has 0 N–H and O–H groups in total. The third-order valence-electron chi connectivity index (χ3n) is 4.00. The zero-order chi connectivity index (χ0) is 19.3. The van der Waals surface area contributed by atoms with Gasteiger partial charge in [-0.15, -0.1) is 0 Å². The lowest BCUT2D eigenvalue weighted by molar-refractivity contribution is 1.04. The Hall–Kier alpha value is -3.20. The van der Waals surface area contributed by atoms with Crippen molar-refractivity contribution in [2.24, 2.45) is 0 Å². The van der Waals surface area contributed by atoms with Gasteiger partial charge in [-0.3, -0.25) is 4.98 Å². The molecule has 0 saturated heterocycles.